The fourth-order valence-corrected chi connectivity index (χ4v) is 3.85. The molecule has 8 heteroatoms. The summed E-state index contributed by atoms with van der Waals surface area (Å²) in [7, 11) is -3.65. The van der Waals surface area contributed by atoms with Crippen LogP contribution in [-0.2, 0) is 14.8 Å². The van der Waals surface area contributed by atoms with Crippen LogP contribution >= 0.6 is 0 Å². The zero-order chi connectivity index (χ0) is 20.7. The standard InChI is InChI=1S/C20H23N3O4S/c1-14-7-8-15(2)19(11-14)28(25,26)23-10-9-22-20(24)16(3)27-18-6-4-5-17(12-18)13-21/h4-8,11-12,16,23H,9-10H2,1-3H3,(H,22,24). The summed E-state index contributed by atoms with van der Waals surface area (Å²) >= 11 is 0. The van der Waals surface area contributed by atoms with Crippen LogP contribution in [0, 0.1) is 25.2 Å². The van der Waals surface area contributed by atoms with Crippen molar-refractivity contribution in [2.45, 2.75) is 31.8 Å². The normalized spacial score (nSPS) is 12.1. The molecule has 0 aromatic heterocycles. The first kappa shape index (κ1) is 21.4. The molecule has 1 amide bonds. The van der Waals surface area contributed by atoms with Gasteiger partial charge in [0, 0.05) is 13.1 Å². The van der Waals surface area contributed by atoms with Crippen molar-refractivity contribution in [1.82, 2.24) is 10.0 Å². The third-order valence-corrected chi connectivity index (χ3v) is 5.60. The van der Waals surface area contributed by atoms with Gasteiger partial charge in [-0.05, 0) is 56.2 Å². The zero-order valence-electron chi connectivity index (χ0n) is 16.0. The lowest BCUT2D eigenvalue weighted by Crippen LogP contribution is -2.40. The van der Waals surface area contributed by atoms with Gasteiger partial charge >= 0.3 is 0 Å². The molecule has 0 saturated carbocycles. The second kappa shape index (κ2) is 9.35. The van der Waals surface area contributed by atoms with E-state index in [-0.39, 0.29) is 23.9 Å². The van der Waals surface area contributed by atoms with Crippen molar-refractivity contribution in [3.05, 3.63) is 59.2 Å². The van der Waals surface area contributed by atoms with E-state index in [1.54, 1.807) is 50.2 Å². The Balaban J connectivity index is 1.84. The van der Waals surface area contributed by atoms with Gasteiger partial charge in [0.25, 0.3) is 5.91 Å². The van der Waals surface area contributed by atoms with Gasteiger partial charge < -0.3 is 10.1 Å². The summed E-state index contributed by atoms with van der Waals surface area (Å²) in [5.41, 5.74) is 1.94. The molecule has 0 fully saturated rings. The summed E-state index contributed by atoms with van der Waals surface area (Å²) in [5.74, 6) is 0.0330. The third-order valence-electron chi connectivity index (χ3n) is 3.99. The molecule has 1 unspecified atom stereocenters. The molecule has 0 bridgehead atoms. The smallest absolute Gasteiger partial charge is 0.260 e. The largest absolute Gasteiger partial charge is 0.481 e. The predicted octanol–water partition coefficient (Wildman–Crippen LogP) is 2.04. The van der Waals surface area contributed by atoms with Crippen LogP contribution in [0.3, 0.4) is 0 Å². The summed E-state index contributed by atoms with van der Waals surface area (Å²) in [6.07, 6.45) is -0.787. The highest BCUT2D eigenvalue weighted by Crippen LogP contribution is 2.16. The van der Waals surface area contributed by atoms with E-state index in [0.29, 0.717) is 16.9 Å². The van der Waals surface area contributed by atoms with Gasteiger partial charge in [0.2, 0.25) is 10.0 Å². The molecule has 0 saturated heterocycles. The number of hydrogen-bond donors (Lipinski definition) is 2. The Labute approximate surface area is 165 Å². The second-order valence-electron chi connectivity index (χ2n) is 6.36. The molecule has 0 aliphatic carbocycles. The summed E-state index contributed by atoms with van der Waals surface area (Å²) in [6.45, 7) is 5.31. The van der Waals surface area contributed by atoms with Crippen molar-refractivity contribution >= 4 is 15.9 Å². The molecule has 2 aromatic carbocycles. The number of nitriles is 1. The Morgan fingerprint density at radius 3 is 2.64 bits per heavy atom. The number of hydrogen-bond acceptors (Lipinski definition) is 5. The first-order chi connectivity index (χ1) is 13.2. The number of carbonyl (C=O) groups excluding carboxylic acids is 1. The second-order valence-corrected chi connectivity index (χ2v) is 8.09. The molecule has 0 heterocycles. The van der Waals surface area contributed by atoms with Crippen molar-refractivity contribution in [2.75, 3.05) is 13.1 Å². The minimum atomic E-state index is -3.65. The molecule has 148 valence electrons. The topological polar surface area (TPSA) is 108 Å². The molecule has 2 rings (SSSR count). The molecule has 0 aliphatic rings. The fourth-order valence-electron chi connectivity index (χ4n) is 2.49. The molecule has 1 atom stereocenters. The molecule has 2 aromatic rings. The molecule has 0 spiro atoms. The average Bonchev–Trinajstić information content (AvgIpc) is 2.67. The lowest BCUT2D eigenvalue weighted by atomic mass is 10.2. The van der Waals surface area contributed by atoms with Gasteiger partial charge in [0.15, 0.2) is 6.10 Å². The Morgan fingerprint density at radius 1 is 1.18 bits per heavy atom. The lowest BCUT2D eigenvalue weighted by Gasteiger charge is -2.15. The van der Waals surface area contributed by atoms with Crippen LogP contribution < -0.4 is 14.8 Å². The highest BCUT2D eigenvalue weighted by Gasteiger charge is 2.18. The Morgan fingerprint density at radius 2 is 1.93 bits per heavy atom. The highest BCUT2D eigenvalue weighted by atomic mass is 32.2. The van der Waals surface area contributed by atoms with Crippen molar-refractivity contribution in [3.8, 4) is 11.8 Å². The van der Waals surface area contributed by atoms with Gasteiger partial charge in [0.1, 0.15) is 5.75 Å². The number of sulfonamides is 1. The molecule has 0 aliphatic heterocycles. The Hall–Kier alpha value is -2.89. The van der Waals surface area contributed by atoms with Crippen LogP contribution in [-0.4, -0.2) is 33.5 Å². The summed E-state index contributed by atoms with van der Waals surface area (Å²) in [6, 6.07) is 13.7. The van der Waals surface area contributed by atoms with E-state index in [0.717, 1.165) is 5.56 Å². The number of amides is 1. The van der Waals surface area contributed by atoms with Gasteiger partial charge in [-0.2, -0.15) is 5.26 Å². The Bertz CT molecular complexity index is 997. The number of benzene rings is 2. The maximum absolute atomic E-state index is 12.4. The molecule has 28 heavy (non-hydrogen) atoms. The third kappa shape index (κ3) is 5.81. The first-order valence-electron chi connectivity index (χ1n) is 8.74. The Kier molecular flexibility index (Phi) is 7.15. The summed E-state index contributed by atoms with van der Waals surface area (Å²) < 4.78 is 32.8. The number of aryl methyl sites for hydroxylation is 2. The average molecular weight is 401 g/mol. The number of rotatable bonds is 8. The van der Waals surface area contributed by atoms with Crippen LogP contribution in [0.4, 0.5) is 0 Å². The van der Waals surface area contributed by atoms with E-state index < -0.39 is 16.1 Å². The highest BCUT2D eigenvalue weighted by molar-refractivity contribution is 7.89. The number of ether oxygens (including phenoxy) is 1. The van der Waals surface area contributed by atoms with Crippen molar-refractivity contribution in [2.24, 2.45) is 0 Å². The predicted molar refractivity (Wildman–Crippen MR) is 105 cm³/mol. The van der Waals surface area contributed by atoms with Crippen LogP contribution in [0.1, 0.15) is 23.6 Å². The molecular weight excluding hydrogens is 378 g/mol. The van der Waals surface area contributed by atoms with Crippen molar-refractivity contribution in [3.63, 3.8) is 0 Å². The lowest BCUT2D eigenvalue weighted by molar-refractivity contribution is -0.127. The minimum absolute atomic E-state index is 0.0537. The van der Waals surface area contributed by atoms with Crippen LogP contribution in [0.15, 0.2) is 47.4 Å². The molecule has 7 nitrogen and oxygen atoms in total. The SMILES string of the molecule is Cc1ccc(C)c(S(=O)(=O)NCCNC(=O)C(C)Oc2cccc(C#N)c2)c1. The van der Waals surface area contributed by atoms with E-state index in [9.17, 15) is 13.2 Å². The minimum Gasteiger partial charge on any atom is -0.481 e. The molecule has 2 N–H and O–H groups in total. The van der Waals surface area contributed by atoms with Crippen molar-refractivity contribution in [1.29, 1.82) is 5.26 Å². The van der Waals surface area contributed by atoms with Gasteiger partial charge in [-0.3, -0.25) is 4.79 Å². The van der Waals surface area contributed by atoms with Crippen LogP contribution in [0.25, 0.3) is 0 Å². The van der Waals surface area contributed by atoms with Crippen molar-refractivity contribution < 1.29 is 17.9 Å². The van der Waals surface area contributed by atoms with Crippen LogP contribution in [0.5, 0.6) is 5.75 Å². The molecule has 0 radical (unpaired) electrons. The first-order valence-corrected chi connectivity index (χ1v) is 10.2. The van der Waals surface area contributed by atoms with E-state index in [1.807, 2.05) is 19.1 Å². The van der Waals surface area contributed by atoms with Gasteiger partial charge in [-0.15, -0.1) is 0 Å². The van der Waals surface area contributed by atoms with Gasteiger partial charge in [-0.25, -0.2) is 13.1 Å². The van der Waals surface area contributed by atoms with Gasteiger partial charge in [0.05, 0.1) is 16.5 Å². The van der Waals surface area contributed by atoms with Gasteiger partial charge in [-0.1, -0.05) is 18.2 Å². The maximum Gasteiger partial charge on any atom is 0.260 e. The van der Waals surface area contributed by atoms with E-state index in [4.69, 9.17) is 10.00 Å². The number of nitrogens with zero attached hydrogens (tertiary/aromatic N) is 1. The van der Waals surface area contributed by atoms with E-state index in [2.05, 4.69) is 10.0 Å². The maximum atomic E-state index is 12.4. The van der Waals surface area contributed by atoms with E-state index >= 15 is 0 Å². The van der Waals surface area contributed by atoms with Crippen LogP contribution in [0.2, 0.25) is 0 Å². The number of carbonyl (C=O) groups is 1. The molecular formula is C20H23N3O4S. The monoisotopic (exact) mass is 401 g/mol. The fraction of sp³-hybridized carbons (Fsp3) is 0.300. The summed E-state index contributed by atoms with van der Waals surface area (Å²) in [4.78, 5) is 12.3. The summed E-state index contributed by atoms with van der Waals surface area (Å²) in [5, 5.41) is 11.5. The quantitative estimate of drug-likeness (QED) is 0.658. The zero-order valence-corrected chi connectivity index (χ0v) is 16.8. The number of nitrogens with one attached hydrogen (secondary N) is 2. The van der Waals surface area contributed by atoms with E-state index in [1.165, 1.54) is 0 Å².